The van der Waals surface area contributed by atoms with Gasteiger partial charge in [0.05, 0.1) is 30.9 Å². The molecule has 0 aliphatic carbocycles. The first-order valence-electron chi connectivity index (χ1n) is 9.84. The van der Waals surface area contributed by atoms with Gasteiger partial charge in [-0.1, -0.05) is 0 Å². The van der Waals surface area contributed by atoms with Gasteiger partial charge in [-0.25, -0.2) is 4.79 Å². The van der Waals surface area contributed by atoms with Crippen LogP contribution in [0.1, 0.15) is 37.5 Å². The van der Waals surface area contributed by atoms with Crippen LogP contribution in [0.2, 0.25) is 0 Å². The maximum atomic E-state index is 12.7. The van der Waals surface area contributed by atoms with E-state index in [0.717, 1.165) is 22.0 Å². The van der Waals surface area contributed by atoms with Crippen LogP contribution in [0.25, 0.3) is 21.9 Å². The average Bonchev–Trinajstić information content (AvgIpc) is 3.32. The highest BCUT2D eigenvalue weighted by Crippen LogP contribution is 2.33. The molecule has 1 aromatic carbocycles. The molecule has 0 aliphatic heterocycles. The standard InChI is InChI=1S/C23H23N5O3/c1-14-8-20(30-5)17(12-27-13-19-18(26-27)9-15(10-24)11-25-19)16-6-7-28(21(14)16)22(29)31-23(2,3)4/h6-9,11,13H,12H2,1-5H3. The van der Waals surface area contributed by atoms with Gasteiger partial charge < -0.3 is 9.47 Å². The number of pyridine rings is 1. The molecule has 0 unspecified atom stereocenters. The molecule has 3 aromatic heterocycles. The van der Waals surface area contributed by atoms with Gasteiger partial charge in [0.15, 0.2) is 0 Å². The molecule has 0 saturated heterocycles. The summed E-state index contributed by atoms with van der Waals surface area (Å²) >= 11 is 0. The Morgan fingerprint density at radius 3 is 2.71 bits per heavy atom. The second-order valence-electron chi connectivity index (χ2n) is 8.37. The van der Waals surface area contributed by atoms with Crippen molar-refractivity contribution in [1.29, 1.82) is 5.26 Å². The number of benzene rings is 1. The minimum absolute atomic E-state index is 0.413. The molecule has 4 rings (SSSR count). The van der Waals surface area contributed by atoms with Crippen molar-refractivity contribution in [2.75, 3.05) is 7.11 Å². The predicted octanol–water partition coefficient (Wildman–Crippen LogP) is 4.41. The molecule has 0 spiro atoms. The van der Waals surface area contributed by atoms with Crippen molar-refractivity contribution in [2.24, 2.45) is 0 Å². The zero-order valence-electron chi connectivity index (χ0n) is 18.1. The number of nitriles is 1. The van der Waals surface area contributed by atoms with Crippen LogP contribution in [0.4, 0.5) is 4.79 Å². The Morgan fingerprint density at radius 1 is 1.26 bits per heavy atom. The fourth-order valence-corrected chi connectivity index (χ4v) is 3.63. The predicted molar refractivity (Wildman–Crippen MR) is 116 cm³/mol. The van der Waals surface area contributed by atoms with E-state index in [9.17, 15) is 4.79 Å². The number of hydrogen-bond acceptors (Lipinski definition) is 6. The van der Waals surface area contributed by atoms with Crippen molar-refractivity contribution < 1.29 is 14.3 Å². The highest BCUT2D eigenvalue weighted by molar-refractivity contribution is 5.95. The first kappa shape index (κ1) is 20.4. The summed E-state index contributed by atoms with van der Waals surface area (Å²) in [4.78, 5) is 17.0. The molecule has 31 heavy (non-hydrogen) atoms. The van der Waals surface area contributed by atoms with E-state index in [1.54, 1.807) is 24.1 Å². The molecule has 0 N–H and O–H groups in total. The number of aryl methyl sites for hydroxylation is 1. The smallest absolute Gasteiger partial charge is 0.419 e. The van der Waals surface area contributed by atoms with Crippen LogP contribution in [-0.4, -0.2) is 38.1 Å². The number of aromatic nitrogens is 4. The topological polar surface area (TPSA) is 95.0 Å². The second kappa shape index (κ2) is 7.43. The van der Waals surface area contributed by atoms with Crippen molar-refractivity contribution in [3.63, 3.8) is 0 Å². The number of nitrogens with zero attached hydrogens (tertiary/aromatic N) is 5. The minimum atomic E-state index is -0.596. The van der Waals surface area contributed by atoms with Crippen molar-refractivity contribution in [2.45, 2.75) is 39.8 Å². The number of hydrogen-bond donors (Lipinski definition) is 0. The zero-order chi connectivity index (χ0) is 22.3. The first-order chi connectivity index (χ1) is 14.7. The van der Waals surface area contributed by atoms with Crippen molar-refractivity contribution in [3.8, 4) is 11.8 Å². The van der Waals surface area contributed by atoms with E-state index in [0.29, 0.717) is 28.9 Å². The SMILES string of the molecule is COc1cc(C)c2c(ccn2C(=O)OC(C)(C)C)c1Cn1cc2ncc(C#N)cc2n1. The second-order valence-corrected chi connectivity index (χ2v) is 8.37. The highest BCUT2D eigenvalue weighted by atomic mass is 16.6. The third kappa shape index (κ3) is 3.82. The summed E-state index contributed by atoms with van der Waals surface area (Å²) in [5.41, 5.74) is 3.77. The van der Waals surface area contributed by atoms with E-state index in [-0.39, 0.29) is 0 Å². The lowest BCUT2D eigenvalue weighted by Gasteiger charge is -2.20. The van der Waals surface area contributed by atoms with E-state index in [2.05, 4.69) is 16.2 Å². The van der Waals surface area contributed by atoms with Crippen LogP contribution in [0.3, 0.4) is 0 Å². The van der Waals surface area contributed by atoms with Crippen molar-refractivity contribution >= 4 is 28.0 Å². The monoisotopic (exact) mass is 417 g/mol. The van der Waals surface area contributed by atoms with Gasteiger partial charge in [0.25, 0.3) is 0 Å². The van der Waals surface area contributed by atoms with Gasteiger partial charge in [0.1, 0.15) is 28.5 Å². The van der Waals surface area contributed by atoms with E-state index in [1.165, 1.54) is 10.8 Å². The van der Waals surface area contributed by atoms with Crippen molar-refractivity contribution in [3.05, 3.63) is 53.5 Å². The molecule has 158 valence electrons. The van der Waals surface area contributed by atoms with Crippen LogP contribution in [0, 0.1) is 18.3 Å². The molecule has 0 bridgehead atoms. The number of carbonyl (C=O) groups is 1. The Hall–Kier alpha value is -3.86. The minimum Gasteiger partial charge on any atom is -0.496 e. The Bertz CT molecular complexity index is 1350. The van der Waals surface area contributed by atoms with Gasteiger partial charge in [-0.05, 0) is 51.5 Å². The summed E-state index contributed by atoms with van der Waals surface area (Å²) in [7, 11) is 1.62. The molecule has 0 aliphatic rings. The molecule has 8 heteroatoms. The molecule has 4 aromatic rings. The highest BCUT2D eigenvalue weighted by Gasteiger charge is 2.22. The number of fused-ring (bicyclic) bond motifs is 2. The number of rotatable bonds is 3. The number of carbonyl (C=O) groups excluding carboxylic acids is 1. The van der Waals surface area contributed by atoms with Crippen LogP contribution < -0.4 is 4.74 Å². The molecule has 0 radical (unpaired) electrons. The molecular formula is C23H23N5O3. The van der Waals surface area contributed by atoms with Gasteiger partial charge in [-0.2, -0.15) is 10.4 Å². The third-order valence-electron chi connectivity index (χ3n) is 4.89. The molecule has 3 heterocycles. The number of methoxy groups -OCH3 is 1. The maximum Gasteiger partial charge on any atom is 0.419 e. The summed E-state index contributed by atoms with van der Waals surface area (Å²) in [6.07, 6.45) is 4.64. The fourth-order valence-electron chi connectivity index (χ4n) is 3.63. The normalized spacial score (nSPS) is 11.6. The molecule has 8 nitrogen and oxygen atoms in total. The van der Waals surface area contributed by atoms with Gasteiger partial charge in [-0.15, -0.1) is 0 Å². The van der Waals surface area contributed by atoms with Gasteiger partial charge in [-0.3, -0.25) is 14.2 Å². The summed E-state index contributed by atoms with van der Waals surface area (Å²) in [5, 5.41) is 14.5. The maximum absolute atomic E-state index is 12.7. The Morgan fingerprint density at radius 2 is 2.03 bits per heavy atom. The lowest BCUT2D eigenvalue weighted by molar-refractivity contribution is 0.0544. The van der Waals surface area contributed by atoms with Crippen molar-refractivity contribution in [1.82, 2.24) is 19.3 Å². The third-order valence-corrected chi connectivity index (χ3v) is 4.89. The van der Waals surface area contributed by atoms with E-state index < -0.39 is 11.7 Å². The zero-order valence-corrected chi connectivity index (χ0v) is 18.1. The number of ether oxygens (including phenoxy) is 2. The lowest BCUT2D eigenvalue weighted by atomic mass is 10.0. The molecule has 0 fully saturated rings. The van der Waals surface area contributed by atoms with Gasteiger partial charge in [0, 0.05) is 23.3 Å². The quantitative estimate of drug-likeness (QED) is 0.490. The largest absolute Gasteiger partial charge is 0.496 e. The molecule has 0 amide bonds. The first-order valence-corrected chi connectivity index (χ1v) is 9.84. The summed E-state index contributed by atoms with van der Waals surface area (Å²) < 4.78 is 14.5. The van der Waals surface area contributed by atoms with Crippen LogP contribution in [-0.2, 0) is 11.3 Å². The fraction of sp³-hybridized carbons (Fsp3) is 0.304. The summed E-state index contributed by atoms with van der Waals surface area (Å²) in [6.45, 7) is 7.87. The van der Waals surface area contributed by atoms with Gasteiger partial charge in [0.2, 0.25) is 0 Å². The van der Waals surface area contributed by atoms with E-state index in [4.69, 9.17) is 14.7 Å². The van der Waals surface area contributed by atoms with Crippen LogP contribution in [0.5, 0.6) is 5.75 Å². The average molecular weight is 417 g/mol. The van der Waals surface area contributed by atoms with E-state index in [1.807, 2.05) is 46.0 Å². The molecule has 0 atom stereocenters. The molecule has 0 saturated carbocycles. The Kier molecular flexibility index (Phi) is 4.90. The lowest BCUT2D eigenvalue weighted by Crippen LogP contribution is -2.26. The Labute approximate surface area is 179 Å². The Balaban J connectivity index is 1.81. The summed E-state index contributed by atoms with van der Waals surface area (Å²) in [5.74, 6) is 0.706. The van der Waals surface area contributed by atoms with Crippen LogP contribution in [0.15, 0.2) is 36.8 Å². The van der Waals surface area contributed by atoms with Crippen LogP contribution >= 0.6 is 0 Å². The van der Waals surface area contributed by atoms with Gasteiger partial charge >= 0.3 is 6.09 Å². The summed E-state index contributed by atoms with van der Waals surface area (Å²) in [6, 6.07) is 7.58. The van der Waals surface area contributed by atoms with E-state index >= 15 is 0 Å². The molecular weight excluding hydrogens is 394 g/mol.